The van der Waals surface area contributed by atoms with Crippen LogP contribution in [0.3, 0.4) is 0 Å². The molecule has 1 fully saturated rings. The van der Waals surface area contributed by atoms with Crippen LogP contribution in [0.1, 0.15) is 42.5 Å². The molecule has 0 aromatic heterocycles. The number of hydrogen-bond donors (Lipinski definition) is 0. The molecule has 0 heterocycles. The number of ketones is 1. The van der Waals surface area contributed by atoms with E-state index in [4.69, 9.17) is 0 Å². The van der Waals surface area contributed by atoms with Crippen molar-refractivity contribution >= 4 is 5.78 Å². The molecule has 0 N–H and O–H groups in total. The summed E-state index contributed by atoms with van der Waals surface area (Å²) < 4.78 is 0. The minimum absolute atomic E-state index is 0.0272. The Hall–Kier alpha value is -1.71. The highest BCUT2D eigenvalue weighted by Gasteiger charge is 2.40. The molecule has 0 spiro atoms. The number of Topliss-reactive ketones (excluding diaryl/α,β-unsaturated/α-hetero) is 1. The molecule has 0 aliphatic heterocycles. The second-order valence-corrected chi connectivity index (χ2v) is 5.16. The molecule has 96 valence electrons. The highest BCUT2D eigenvalue weighted by molar-refractivity contribution is 5.96. The first kappa shape index (κ1) is 12.7. The van der Waals surface area contributed by atoms with E-state index in [1.807, 2.05) is 18.2 Å². The van der Waals surface area contributed by atoms with Gasteiger partial charge in [0.25, 0.3) is 0 Å². The Morgan fingerprint density at radius 3 is 2.39 bits per heavy atom. The maximum Gasteiger partial charge on any atom is 0.209 e. The third kappa shape index (κ3) is 2.94. The summed E-state index contributed by atoms with van der Waals surface area (Å²) in [5.41, 5.74) is 0.253. The Labute approximate surface area is 106 Å². The van der Waals surface area contributed by atoms with Gasteiger partial charge in [0, 0.05) is 22.3 Å². The number of carbonyl (C=O) groups excluding carboxylic acids is 1. The van der Waals surface area contributed by atoms with Crippen molar-refractivity contribution in [2.45, 2.75) is 32.1 Å². The third-order valence-corrected chi connectivity index (χ3v) is 3.76. The molecule has 2 rings (SSSR count). The first-order valence-electron chi connectivity index (χ1n) is 6.31. The molecular formula is C14H17NO3. The number of hydrogen-bond acceptors (Lipinski definition) is 3. The molecular weight excluding hydrogens is 230 g/mol. The Kier molecular flexibility index (Phi) is 3.75. The molecule has 0 bridgehead atoms. The average Bonchev–Trinajstić information content (AvgIpc) is 2.77. The predicted octanol–water partition coefficient (Wildman–Crippen LogP) is 3.10. The Balaban J connectivity index is 2.10. The molecule has 1 aromatic rings. The molecule has 18 heavy (non-hydrogen) atoms. The van der Waals surface area contributed by atoms with Crippen LogP contribution in [0.2, 0.25) is 0 Å². The molecule has 1 aromatic carbocycles. The van der Waals surface area contributed by atoms with E-state index in [0.717, 1.165) is 25.7 Å². The van der Waals surface area contributed by atoms with Crippen LogP contribution < -0.4 is 0 Å². The van der Waals surface area contributed by atoms with E-state index in [-0.39, 0.29) is 17.3 Å². The zero-order valence-electron chi connectivity index (χ0n) is 10.3. The largest absolute Gasteiger partial charge is 0.294 e. The van der Waals surface area contributed by atoms with Gasteiger partial charge in [0.2, 0.25) is 6.54 Å². The summed E-state index contributed by atoms with van der Waals surface area (Å²) in [6.45, 7) is -0.0778. The molecule has 0 saturated heterocycles. The molecule has 1 aliphatic carbocycles. The van der Waals surface area contributed by atoms with Gasteiger partial charge in [-0.15, -0.1) is 0 Å². The van der Waals surface area contributed by atoms with Crippen LogP contribution in [0, 0.1) is 15.5 Å². The lowest BCUT2D eigenvalue weighted by atomic mass is 9.80. The zero-order chi connectivity index (χ0) is 13.0. The van der Waals surface area contributed by atoms with Crippen molar-refractivity contribution in [3.63, 3.8) is 0 Å². The molecule has 1 aliphatic rings. The van der Waals surface area contributed by atoms with E-state index in [1.165, 1.54) is 0 Å². The average molecular weight is 247 g/mol. The smallest absolute Gasteiger partial charge is 0.209 e. The number of benzene rings is 1. The fourth-order valence-electron chi connectivity index (χ4n) is 2.86. The van der Waals surface area contributed by atoms with Crippen molar-refractivity contribution in [3.8, 4) is 0 Å². The van der Waals surface area contributed by atoms with E-state index in [0.29, 0.717) is 12.0 Å². The van der Waals surface area contributed by atoms with Crippen molar-refractivity contribution in [2.75, 3.05) is 6.54 Å². The van der Waals surface area contributed by atoms with Crippen molar-refractivity contribution < 1.29 is 9.72 Å². The summed E-state index contributed by atoms with van der Waals surface area (Å²) in [4.78, 5) is 22.7. The van der Waals surface area contributed by atoms with Crippen LogP contribution in [-0.2, 0) is 0 Å². The highest BCUT2D eigenvalue weighted by atomic mass is 16.6. The topological polar surface area (TPSA) is 60.2 Å². The van der Waals surface area contributed by atoms with Gasteiger partial charge in [-0.1, -0.05) is 43.2 Å². The second kappa shape index (κ2) is 5.29. The molecule has 4 nitrogen and oxygen atoms in total. The molecule has 0 amide bonds. The third-order valence-electron chi connectivity index (χ3n) is 3.76. The second-order valence-electron chi connectivity index (χ2n) is 5.16. The fraction of sp³-hybridized carbons (Fsp3) is 0.500. The molecule has 0 radical (unpaired) electrons. The summed E-state index contributed by atoms with van der Waals surface area (Å²) in [7, 11) is 0. The van der Waals surface area contributed by atoms with E-state index in [9.17, 15) is 14.9 Å². The SMILES string of the molecule is O=C(CC1(C[N+](=O)[O-])CCCC1)c1ccccc1. The molecule has 0 unspecified atom stereocenters. The van der Waals surface area contributed by atoms with Gasteiger partial charge in [-0.25, -0.2) is 0 Å². The standard InChI is InChI=1S/C14H17NO3/c16-13(12-6-2-1-3-7-12)10-14(11-15(17)18)8-4-5-9-14/h1-3,6-7H,4-5,8-11H2. The van der Waals surface area contributed by atoms with Crippen molar-refractivity contribution in [2.24, 2.45) is 5.41 Å². The van der Waals surface area contributed by atoms with Gasteiger partial charge in [-0.2, -0.15) is 0 Å². The van der Waals surface area contributed by atoms with Crippen LogP contribution in [0.4, 0.5) is 0 Å². The van der Waals surface area contributed by atoms with Gasteiger partial charge >= 0.3 is 0 Å². The highest BCUT2D eigenvalue weighted by Crippen LogP contribution is 2.42. The van der Waals surface area contributed by atoms with Gasteiger partial charge in [0.1, 0.15) is 0 Å². The monoisotopic (exact) mass is 247 g/mol. The van der Waals surface area contributed by atoms with Gasteiger partial charge in [-0.05, 0) is 12.8 Å². The van der Waals surface area contributed by atoms with Crippen molar-refractivity contribution in [1.82, 2.24) is 0 Å². The minimum atomic E-state index is -0.406. The van der Waals surface area contributed by atoms with E-state index < -0.39 is 5.41 Å². The first-order valence-corrected chi connectivity index (χ1v) is 6.31. The van der Waals surface area contributed by atoms with Crippen LogP contribution >= 0.6 is 0 Å². The molecule has 4 heteroatoms. The summed E-state index contributed by atoms with van der Waals surface area (Å²) >= 11 is 0. The Bertz CT molecular complexity index is 436. The van der Waals surface area contributed by atoms with Crippen LogP contribution in [0.25, 0.3) is 0 Å². The Morgan fingerprint density at radius 1 is 1.22 bits per heavy atom. The molecule has 1 saturated carbocycles. The predicted molar refractivity (Wildman–Crippen MR) is 68.2 cm³/mol. The van der Waals surface area contributed by atoms with Gasteiger partial charge < -0.3 is 0 Å². The lowest BCUT2D eigenvalue weighted by molar-refractivity contribution is -0.497. The van der Waals surface area contributed by atoms with Gasteiger partial charge in [-0.3, -0.25) is 14.9 Å². The summed E-state index contributed by atoms with van der Waals surface area (Å²) in [5, 5.41) is 10.8. The maximum atomic E-state index is 12.2. The van der Waals surface area contributed by atoms with Crippen LogP contribution in [0.15, 0.2) is 30.3 Å². The Morgan fingerprint density at radius 2 is 1.83 bits per heavy atom. The summed E-state index contributed by atoms with van der Waals surface area (Å²) in [6.07, 6.45) is 3.89. The number of nitrogens with zero attached hydrogens (tertiary/aromatic N) is 1. The fourth-order valence-corrected chi connectivity index (χ4v) is 2.86. The molecule has 0 atom stereocenters. The number of nitro groups is 1. The van der Waals surface area contributed by atoms with E-state index >= 15 is 0 Å². The summed E-state index contributed by atoms with van der Waals surface area (Å²) in [5.74, 6) is 0.0272. The quantitative estimate of drug-likeness (QED) is 0.456. The van der Waals surface area contributed by atoms with E-state index in [1.54, 1.807) is 12.1 Å². The van der Waals surface area contributed by atoms with Crippen molar-refractivity contribution in [3.05, 3.63) is 46.0 Å². The lowest BCUT2D eigenvalue weighted by Gasteiger charge is -2.23. The van der Waals surface area contributed by atoms with Gasteiger partial charge in [0.05, 0.1) is 0 Å². The van der Waals surface area contributed by atoms with E-state index in [2.05, 4.69) is 0 Å². The number of carbonyl (C=O) groups is 1. The number of rotatable bonds is 5. The van der Waals surface area contributed by atoms with Crippen molar-refractivity contribution in [1.29, 1.82) is 0 Å². The zero-order valence-corrected chi connectivity index (χ0v) is 10.3. The van der Waals surface area contributed by atoms with Crippen LogP contribution in [-0.4, -0.2) is 17.3 Å². The van der Waals surface area contributed by atoms with Crippen LogP contribution in [0.5, 0.6) is 0 Å². The maximum absolute atomic E-state index is 12.2. The minimum Gasteiger partial charge on any atom is -0.294 e. The van der Waals surface area contributed by atoms with Gasteiger partial charge in [0.15, 0.2) is 5.78 Å². The first-order chi connectivity index (χ1) is 8.61. The lowest BCUT2D eigenvalue weighted by Crippen LogP contribution is -2.29. The normalized spacial score (nSPS) is 17.6. The summed E-state index contributed by atoms with van der Waals surface area (Å²) in [6, 6.07) is 9.05.